The molecule has 0 aliphatic carbocycles. The first-order valence-electron chi connectivity index (χ1n) is 9.14. The van der Waals surface area contributed by atoms with Crippen LogP contribution in [-0.4, -0.2) is 71.6 Å². The Morgan fingerprint density at radius 1 is 1.10 bits per heavy atom. The van der Waals surface area contributed by atoms with Gasteiger partial charge in [-0.3, -0.25) is 4.79 Å². The summed E-state index contributed by atoms with van der Waals surface area (Å²) in [6.45, 7) is 4.93. The fourth-order valence-electron chi connectivity index (χ4n) is 4.22. The van der Waals surface area contributed by atoms with Crippen molar-refractivity contribution in [3.63, 3.8) is 0 Å². The summed E-state index contributed by atoms with van der Waals surface area (Å²) in [6.07, 6.45) is -16.2. The van der Waals surface area contributed by atoms with E-state index in [1.807, 2.05) is 0 Å². The molecule has 6 atom stereocenters. The van der Waals surface area contributed by atoms with Crippen LogP contribution in [0.25, 0.3) is 0 Å². The molecule has 0 saturated carbocycles. The highest BCUT2D eigenvalue weighted by molar-refractivity contribution is 5.87. The van der Waals surface area contributed by atoms with Gasteiger partial charge in [0, 0.05) is 11.5 Å². The van der Waals surface area contributed by atoms with Gasteiger partial charge in [0.1, 0.15) is 12.2 Å². The maximum absolute atomic E-state index is 13.0. The highest BCUT2D eigenvalue weighted by Crippen LogP contribution is 2.55. The molecule has 3 fully saturated rings. The van der Waals surface area contributed by atoms with E-state index in [4.69, 9.17) is 18.9 Å². The fourth-order valence-corrected chi connectivity index (χ4v) is 4.22. The fraction of sp³-hybridized carbons (Fsp3) is 0.778. The Bertz CT molecular complexity index is 775. The van der Waals surface area contributed by atoms with Gasteiger partial charge in [0.05, 0.1) is 18.1 Å². The average molecular weight is 462 g/mol. The molecule has 0 aromatic rings. The Balaban J connectivity index is 1.86. The van der Waals surface area contributed by atoms with Crippen LogP contribution in [0.4, 0.5) is 26.3 Å². The van der Waals surface area contributed by atoms with Crippen LogP contribution in [0.5, 0.6) is 0 Å². The molecule has 3 aliphatic heterocycles. The molecular weight excluding hydrogens is 442 g/mol. The molecule has 0 aromatic heterocycles. The van der Waals surface area contributed by atoms with Gasteiger partial charge in [-0.15, -0.1) is 0 Å². The molecule has 31 heavy (non-hydrogen) atoms. The number of carbonyl (C=O) groups excluding carboxylic acids is 2. The maximum Gasteiger partial charge on any atom is 0.428 e. The molecular formula is C18H20F6O7. The Hall–Kier alpha value is -1.86. The molecule has 13 heteroatoms. The van der Waals surface area contributed by atoms with Crippen LogP contribution in [0.2, 0.25) is 0 Å². The van der Waals surface area contributed by atoms with Crippen molar-refractivity contribution >= 4 is 11.9 Å². The number of carbonyl (C=O) groups is 2. The first-order chi connectivity index (χ1) is 13.9. The van der Waals surface area contributed by atoms with Gasteiger partial charge in [-0.05, 0) is 20.8 Å². The van der Waals surface area contributed by atoms with E-state index in [1.54, 1.807) is 0 Å². The standard InChI is InChI=1S/C18H20F6O7/c1-6(2)13(25)30-12-10-8(7-9(29-10)11(12)31-14(7)26)15(3,4)28-5-16(27,17(19,20)21)18(22,23)24/h7-12,27H,1,5H2,2-4H3. The van der Waals surface area contributed by atoms with Crippen molar-refractivity contribution < 1.29 is 60.0 Å². The molecule has 3 rings (SSSR count). The van der Waals surface area contributed by atoms with E-state index >= 15 is 0 Å². The molecule has 3 heterocycles. The smallest absolute Gasteiger partial charge is 0.428 e. The maximum atomic E-state index is 13.0. The van der Waals surface area contributed by atoms with Crippen molar-refractivity contribution in [3.05, 3.63) is 12.2 Å². The SMILES string of the molecule is C=C(C)C(=O)OC1C2OC(=O)C3C2OC1C3C(C)(C)OCC(O)(C(F)(F)F)C(F)(F)F. The zero-order valence-corrected chi connectivity index (χ0v) is 16.5. The molecule has 7 nitrogen and oxygen atoms in total. The molecule has 176 valence electrons. The predicted molar refractivity (Wildman–Crippen MR) is 87.3 cm³/mol. The number of esters is 2. The van der Waals surface area contributed by atoms with Crippen molar-refractivity contribution in [1.82, 2.24) is 0 Å². The number of alkyl halides is 6. The lowest BCUT2D eigenvalue weighted by Gasteiger charge is -2.41. The van der Waals surface area contributed by atoms with Crippen molar-refractivity contribution in [2.75, 3.05) is 6.61 Å². The van der Waals surface area contributed by atoms with Gasteiger partial charge in [0.15, 0.2) is 12.2 Å². The van der Waals surface area contributed by atoms with Crippen LogP contribution in [0.3, 0.4) is 0 Å². The van der Waals surface area contributed by atoms with Gasteiger partial charge in [-0.25, -0.2) is 4.79 Å². The summed E-state index contributed by atoms with van der Waals surface area (Å²) in [5, 5.41) is 9.36. The number of hydrogen-bond acceptors (Lipinski definition) is 7. The van der Waals surface area contributed by atoms with E-state index in [1.165, 1.54) is 6.92 Å². The van der Waals surface area contributed by atoms with Crippen LogP contribution in [-0.2, 0) is 28.5 Å². The minimum absolute atomic E-state index is 0.0242. The number of fused-ring (bicyclic) bond motifs is 1. The molecule has 6 unspecified atom stereocenters. The molecule has 0 amide bonds. The van der Waals surface area contributed by atoms with Gasteiger partial charge in [0.25, 0.3) is 5.60 Å². The van der Waals surface area contributed by atoms with Crippen molar-refractivity contribution in [2.45, 2.75) is 68.7 Å². The summed E-state index contributed by atoms with van der Waals surface area (Å²) in [5.41, 5.74) is -6.94. The molecule has 0 aromatic carbocycles. The second-order valence-electron chi connectivity index (χ2n) is 8.42. The van der Waals surface area contributed by atoms with E-state index in [9.17, 15) is 41.0 Å². The van der Waals surface area contributed by atoms with E-state index in [2.05, 4.69) is 6.58 Å². The summed E-state index contributed by atoms with van der Waals surface area (Å²) in [7, 11) is 0. The van der Waals surface area contributed by atoms with Crippen molar-refractivity contribution in [2.24, 2.45) is 11.8 Å². The summed E-state index contributed by atoms with van der Waals surface area (Å²) in [4.78, 5) is 24.2. The average Bonchev–Trinajstić information content (AvgIpc) is 3.21. The van der Waals surface area contributed by atoms with Crippen LogP contribution in [0.1, 0.15) is 20.8 Å². The lowest BCUT2D eigenvalue weighted by molar-refractivity contribution is -0.383. The lowest BCUT2D eigenvalue weighted by Crippen LogP contribution is -2.62. The van der Waals surface area contributed by atoms with Crippen LogP contribution in [0, 0.1) is 11.8 Å². The third-order valence-corrected chi connectivity index (χ3v) is 5.89. The van der Waals surface area contributed by atoms with Crippen molar-refractivity contribution in [3.8, 4) is 0 Å². The minimum Gasteiger partial charge on any atom is -0.455 e. The van der Waals surface area contributed by atoms with Crippen LogP contribution in [0.15, 0.2) is 12.2 Å². The van der Waals surface area contributed by atoms with Crippen LogP contribution >= 0.6 is 0 Å². The molecule has 0 spiro atoms. The third kappa shape index (κ3) is 3.59. The topological polar surface area (TPSA) is 91.3 Å². The van der Waals surface area contributed by atoms with Gasteiger partial charge in [-0.1, -0.05) is 6.58 Å². The highest BCUT2D eigenvalue weighted by atomic mass is 19.4. The van der Waals surface area contributed by atoms with E-state index in [-0.39, 0.29) is 5.57 Å². The third-order valence-electron chi connectivity index (χ3n) is 5.89. The Morgan fingerprint density at radius 2 is 1.65 bits per heavy atom. The lowest BCUT2D eigenvalue weighted by atomic mass is 9.70. The number of hydrogen-bond donors (Lipinski definition) is 1. The number of aliphatic hydroxyl groups is 1. The number of rotatable bonds is 6. The Kier molecular flexibility index (Phi) is 5.43. The van der Waals surface area contributed by atoms with E-state index in [0.29, 0.717) is 0 Å². The monoisotopic (exact) mass is 462 g/mol. The molecule has 3 aliphatic rings. The number of ether oxygens (including phenoxy) is 4. The second-order valence-corrected chi connectivity index (χ2v) is 8.42. The van der Waals surface area contributed by atoms with Crippen LogP contribution < -0.4 is 0 Å². The quantitative estimate of drug-likeness (QED) is 0.367. The van der Waals surface area contributed by atoms with Gasteiger partial charge in [0.2, 0.25) is 0 Å². The minimum atomic E-state index is -6.07. The van der Waals surface area contributed by atoms with Gasteiger partial charge in [-0.2, -0.15) is 26.3 Å². The summed E-state index contributed by atoms with van der Waals surface area (Å²) in [6, 6.07) is 0. The molecule has 0 radical (unpaired) electrons. The summed E-state index contributed by atoms with van der Waals surface area (Å²) < 4.78 is 98.9. The summed E-state index contributed by atoms with van der Waals surface area (Å²) >= 11 is 0. The summed E-state index contributed by atoms with van der Waals surface area (Å²) in [5.74, 6) is -3.79. The van der Waals surface area contributed by atoms with Gasteiger partial charge >= 0.3 is 24.3 Å². The normalized spacial score (nSPS) is 32.9. The molecule has 1 N–H and O–H groups in total. The zero-order valence-electron chi connectivity index (χ0n) is 16.5. The highest BCUT2D eigenvalue weighted by Gasteiger charge is 2.74. The number of halogens is 6. The Labute approximate surface area is 172 Å². The van der Waals surface area contributed by atoms with Crippen molar-refractivity contribution in [1.29, 1.82) is 0 Å². The zero-order chi connectivity index (χ0) is 23.7. The first kappa shape index (κ1) is 23.8. The first-order valence-corrected chi connectivity index (χ1v) is 9.14. The molecule has 2 bridgehead atoms. The second kappa shape index (κ2) is 7.07. The predicted octanol–water partition coefficient (Wildman–Crippen LogP) is 2.06. The van der Waals surface area contributed by atoms with E-state index in [0.717, 1.165) is 13.8 Å². The van der Waals surface area contributed by atoms with Gasteiger partial charge < -0.3 is 24.1 Å². The Morgan fingerprint density at radius 3 is 2.13 bits per heavy atom. The van der Waals surface area contributed by atoms with E-state index < -0.39 is 78.4 Å². The molecule has 3 saturated heterocycles. The largest absolute Gasteiger partial charge is 0.455 e.